The second-order valence-corrected chi connectivity index (χ2v) is 6.96. The van der Waals surface area contributed by atoms with Crippen molar-refractivity contribution < 1.29 is 5.82 Å². The number of H-pyrrole nitrogens is 1. The molecule has 1 aliphatic heterocycles. The summed E-state index contributed by atoms with van der Waals surface area (Å²) in [6, 6.07) is 6.96. The fourth-order valence-electron chi connectivity index (χ4n) is 3.90. The first-order valence-corrected chi connectivity index (χ1v) is 8.70. The number of anilines is 1. The number of piperazine rings is 1. The summed E-state index contributed by atoms with van der Waals surface area (Å²) in [5.41, 5.74) is 1.67. The Morgan fingerprint density at radius 3 is 3.00 bits per heavy atom. The Hall–Kier alpha value is -2.54. The maximum atomic E-state index is 14.5. The molecule has 0 radical (unpaired) electrons. The average Bonchev–Trinajstić information content (AvgIpc) is 3.05. The number of aromatic nitrogens is 4. The van der Waals surface area contributed by atoms with E-state index in [1.807, 2.05) is 12.1 Å². The molecular formula is C18H21FN6. The maximum absolute atomic E-state index is 14.5. The SMILES string of the molecule is Fc1ccc(N2CCNC3(CCC3)C2)nc1-c1[nH]nc2ncccc12.[HH]. The molecule has 130 valence electrons. The first kappa shape index (κ1) is 14.8. The number of rotatable bonds is 2. The van der Waals surface area contributed by atoms with Gasteiger partial charge >= 0.3 is 0 Å². The van der Waals surface area contributed by atoms with Crippen LogP contribution in [0.1, 0.15) is 20.7 Å². The molecule has 3 aromatic rings. The second-order valence-electron chi connectivity index (χ2n) is 6.96. The molecule has 5 rings (SSSR count). The Bertz CT molecular complexity index is 938. The smallest absolute Gasteiger partial charge is 0.181 e. The highest BCUT2D eigenvalue weighted by atomic mass is 19.1. The largest absolute Gasteiger partial charge is 0.353 e. The predicted molar refractivity (Wildman–Crippen MR) is 96.0 cm³/mol. The van der Waals surface area contributed by atoms with Crippen LogP contribution in [0.5, 0.6) is 0 Å². The molecule has 1 saturated carbocycles. The van der Waals surface area contributed by atoms with Gasteiger partial charge in [-0.05, 0) is 43.5 Å². The minimum absolute atomic E-state index is 0. The van der Waals surface area contributed by atoms with Crippen LogP contribution in [0.4, 0.5) is 10.2 Å². The molecule has 2 fully saturated rings. The summed E-state index contributed by atoms with van der Waals surface area (Å²) in [6.45, 7) is 2.74. The highest BCUT2D eigenvalue weighted by Gasteiger charge is 2.40. The quantitative estimate of drug-likeness (QED) is 0.751. The number of pyridine rings is 2. The second kappa shape index (κ2) is 5.49. The van der Waals surface area contributed by atoms with Gasteiger partial charge in [0.05, 0.1) is 5.69 Å². The molecule has 2 N–H and O–H groups in total. The Labute approximate surface area is 146 Å². The van der Waals surface area contributed by atoms with Crippen molar-refractivity contribution in [2.24, 2.45) is 0 Å². The van der Waals surface area contributed by atoms with Crippen molar-refractivity contribution in [1.29, 1.82) is 0 Å². The van der Waals surface area contributed by atoms with Gasteiger partial charge in [-0.1, -0.05) is 0 Å². The number of nitrogens with one attached hydrogen (secondary N) is 2. The molecule has 0 bridgehead atoms. The molecular weight excluding hydrogens is 319 g/mol. The lowest BCUT2D eigenvalue weighted by atomic mass is 9.75. The summed E-state index contributed by atoms with van der Waals surface area (Å²) in [5, 5.41) is 11.5. The lowest BCUT2D eigenvalue weighted by Gasteiger charge is -2.50. The van der Waals surface area contributed by atoms with Crippen LogP contribution in [0.25, 0.3) is 22.4 Å². The van der Waals surface area contributed by atoms with Crippen LogP contribution in [0.15, 0.2) is 30.5 Å². The van der Waals surface area contributed by atoms with Crippen LogP contribution in [-0.2, 0) is 0 Å². The summed E-state index contributed by atoms with van der Waals surface area (Å²) in [6.07, 6.45) is 5.35. The Morgan fingerprint density at radius 1 is 1.24 bits per heavy atom. The number of fused-ring (bicyclic) bond motifs is 1. The molecule has 3 aromatic heterocycles. The molecule has 2 aliphatic rings. The molecule has 0 atom stereocenters. The van der Waals surface area contributed by atoms with Crippen molar-refractivity contribution >= 4 is 16.9 Å². The number of hydrogen-bond donors (Lipinski definition) is 2. The van der Waals surface area contributed by atoms with Crippen molar-refractivity contribution in [2.45, 2.75) is 24.8 Å². The molecule has 4 heterocycles. The van der Waals surface area contributed by atoms with E-state index in [0.29, 0.717) is 17.0 Å². The van der Waals surface area contributed by atoms with Gasteiger partial charge in [0.15, 0.2) is 11.5 Å². The van der Waals surface area contributed by atoms with Crippen molar-refractivity contribution in [3.8, 4) is 11.4 Å². The van der Waals surface area contributed by atoms with Gasteiger partial charge in [-0.25, -0.2) is 14.4 Å². The molecule has 1 spiro atoms. The van der Waals surface area contributed by atoms with Crippen molar-refractivity contribution in [3.63, 3.8) is 0 Å². The van der Waals surface area contributed by atoms with Gasteiger partial charge in [0.25, 0.3) is 0 Å². The third kappa shape index (κ3) is 2.38. The molecule has 1 saturated heterocycles. The van der Waals surface area contributed by atoms with E-state index in [9.17, 15) is 4.39 Å². The number of halogens is 1. The van der Waals surface area contributed by atoms with Gasteiger partial charge in [-0.2, -0.15) is 5.10 Å². The standard InChI is InChI=1S/C18H19FN6.H2/c19-13-4-5-14(25-10-9-21-18(11-25)6-2-7-18)22-16(13)15-12-3-1-8-20-17(12)24-23-15;/h1,3-5,8,21H,2,6-7,9-11H2,(H,20,23,24);1H. The lowest BCUT2D eigenvalue weighted by Crippen LogP contribution is -2.64. The van der Waals surface area contributed by atoms with Crippen LogP contribution in [0, 0.1) is 5.82 Å². The van der Waals surface area contributed by atoms with Crippen molar-refractivity contribution in [1.82, 2.24) is 25.5 Å². The normalized spacial score (nSPS) is 19.3. The molecule has 0 unspecified atom stereocenters. The third-order valence-corrected chi connectivity index (χ3v) is 5.41. The van der Waals surface area contributed by atoms with Gasteiger partial charge < -0.3 is 10.2 Å². The van der Waals surface area contributed by atoms with Crippen LogP contribution in [0.2, 0.25) is 0 Å². The molecule has 7 heteroatoms. The van der Waals surface area contributed by atoms with Crippen molar-refractivity contribution in [2.75, 3.05) is 24.5 Å². The Balaban J connectivity index is 0.00000168. The summed E-state index contributed by atoms with van der Waals surface area (Å²) in [5.74, 6) is 0.461. The van der Waals surface area contributed by atoms with E-state index in [2.05, 4.69) is 30.4 Å². The zero-order valence-electron chi connectivity index (χ0n) is 13.8. The first-order valence-electron chi connectivity index (χ1n) is 8.70. The van der Waals surface area contributed by atoms with Crippen LogP contribution in [-0.4, -0.2) is 45.3 Å². The molecule has 6 nitrogen and oxygen atoms in total. The van der Waals surface area contributed by atoms with E-state index in [1.54, 1.807) is 12.3 Å². The summed E-state index contributed by atoms with van der Waals surface area (Å²) in [7, 11) is 0. The maximum Gasteiger partial charge on any atom is 0.181 e. The number of nitrogens with zero attached hydrogens (tertiary/aromatic N) is 4. The van der Waals surface area contributed by atoms with E-state index in [4.69, 9.17) is 0 Å². The monoisotopic (exact) mass is 340 g/mol. The number of hydrogen-bond acceptors (Lipinski definition) is 5. The molecule has 0 amide bonds. The minimum atomic E-state index is -0.355. The van der Waals surface area contributed by atoms with Crippen LogP contribution >= 0.6 is 0 Å². The van der Waals surface area contributed by atoms with E-state index in [1.165, 1.54) is 25.3 Å². The van der Waals surface area contributed by atoms with Gasteiger partial charge in [-0.15, -0.1) is 0 Å². The zero-order chi connectivity index (χ0) is 16.9. The minimum Gasteiger partial charge on any atom is -0.353 e. The molecule has 25 heavy (non-hydrogen) atoms. The zero-order valence-corrected chi connectivity index (χ0v) is 13.8. The van der Waals surface area contributed by atoms with E-state index < -0.39 is 0 Å². The predicted octanol–water partition coefficient (Wildman–Crippen LogP) is 2.74. The van der Waals surface area contributed by atoms with E-state index in [-0.39, 0.29) is 12.8 Å². The first-order chi connectivity index (χ1) is 12.2. The summed E-state index contributed by atoms with van der Waals surface area (Å²) < 4.78 is 14.5. The van der Waals surface area contributed by atoms with Crippen molar-refractivity contribution in [3.05, 3.63) is 36.3 Å². The fourth-order valence-corrected chi connectivity index (χ4v) is 3.90. The third-order valence-electron chi connectivity index (χ3n) is 5.41. The van der Waals surface area contributed by atoms with Crippen LogP contribution in [0.3, 0.4) is 0 Å². The fraction of sp³-hybridized carbons (Fsp3) is 0.389. The highest BCUT2D eigenvalue weighted by Crippen LogP contribution is 2.36. The topological polar surface area (TPSA) is 69.7 Å². The molecule has 0 aromatic carbocycles. The van der Waals surface area contributed by atoms with E-state index in [0.717, 1.165) is 30.8 Å². The van der Waals surface area contributed by atoms with Gasteiger partial charge in [0, 0.05) is 38.2 Å². The molecule has 1 aliphatic carbocycles. The van der Waals surface area contributed by atoms with E-state index >= 15 is 0 Å². The van der Waals surface area contributed by atoms with Crippen LogP contribution < -0.4 is 10.2 Å². The summed E-state index contributed by atoms with van der Waals surface area (Å²) >= 11 is 0. The average molecular weight is 340 g/mol. The highest BCUT2D eigenvalue weighted by molar-refractivity contribution is 5.89. The van der Waals surface area contributed by atoms with Gasteiger partial charge in [0.2, 0.25) is 0 Å². The Kier molecular flexibility index (Phi) is 3.24. The number of aromatic amines is 1. The lowest BCUT2D eigenvalue weighted by molar-refractivity contribution is 0.172. The Morgan fingerprint density at radius 2 is 2.16 bits per heavy atom. The summed E-state index contributed by atoms with van der Waals surface area (Å²) in [4.78, 5) is 11.1. The van der Waals surface area contributed by atoms with Gasteiger partial charge in [0.1, 0.15) is 11.5 Å². The van der Waals surface area contributed by atoms with Gasteiger partial charge in [-0.3, -0.25) is 5.10 Å².